The summed E-state index contributed by atoms with van der Waals surface area (Å²) >= 11 is 0. The number of aromatic nitrogens is 3. The number of rotatable bonds is 5. The maximum absolute atomic E-state index is 12.1. The van der Waals surface area contributed by atoms with Crippen LogP contribution < -0.4 is 5.32 Å². The Morgan fingerprint density at radius 3 is 3.00 bits per heavy atom. The number of carbonyl (C=O) groups is 1. The topological polar surface area (TPSA) is 79.5 Å². The number of nitrogens with one attached hydrogen (secondary N) is 1. The molecule has 19 heavy (non-hydrogen) atoms. The molecule has 2 aromatic heterocycles. The van der Waals surface area contributed by atoms with E-state index < -0.39 is 0 Å². The lowest BCUT2D eigenvalue weighted by atomic mass is 9.90. The van der Waals surface area contributed by atoms with Gasteiger partial charge in [0.1, 0.15) is 0 Å². The van der Waals surface area contributed by atoms with Crippen molar-refractivity contribution in [3.05, 3.63) is 30.4 Å². The Morgan fingerprint density at radius 2 is 2.26 bits per heavy atom. The molecular formula is C13H18N4O2. The highest BCUT2D eigenvalue weighted by Crippen LogP contribution is 2.18. The van der Waals surface area contributed by atoms with E-state index in [1.54, 1.807) is 23.1 Å². The number of aliphatic hydroxyl groups is 1. The summed E-state index contributed by atoms with van der Waals surface area (Å²) in [4.78, 5) is 16.1. The Morgan fingerprint density at radius 1 is 1.47 bits per heavy atom. The molecule has 0 unspecified atom stereocenters. The Hall–Kier alpha value is -1.95. The van der Waals surface area contributed by atoms with Gasteiger partial charge in [-0.15, -0.1) is 0 Å². The van der Waals surface area contributed by atoms with Crippen molar-refractivity contribution in [1.82, 2.24) is 19.9 Å². The fourth-order valence-electron chi connectivity index (χ4n) is 1.82. The van der Waals surface area contributed by atoms with E-state index in [0.29, 0.717) is 24.0 Å². The molecule has 102 valence electrons. The molecule has 0 aromatic carbocycles. The number of carbonyl (C=O) groups excluding carboxylic acids is 1. The van der Waals surface area contributed by atoms with Crippen LogP contribution in [0.5, 0.6) is 0 Å². The van der Waals surface area contributed by atoms with Gasteiger partial charge in [-0.2, -0.15) is 5.10 Å². The Labute approximate surface area is 111 Å². The zero-order valence-corrected chi connectivity index (χ0v) is 11.1. The fourth-order valence-corrected chi connectivity index (χ4v) is 1.82. The molecule has 0 spiro atoms. The molecule has 0 saturated carbocycles. The van der Waals surface area contributed by atoms with Crippen LogP contribution in [0.3, 0.4) is 0 Å². The van der Waals surface area contributed by atoms with Gasteiger partial charge in [0, 0.05) is 25.5 Å². The maximum atomic E-state index is 12.1. The van der Waals surface area contributed by atoms with Crippen LogP contribution in [0, 0.1) is 5.41 Å². The molecular weight excluding hydrogens is 244 g/mol. The number of hydrogen-bond acceptors (Lipinski definition) is 4. The minimum absolute atomic E-state index is 0.115. The quantitative estimate of drug-likeness (QED) is 0.838. The predicted octanol–water partition coefficient (Wildman–Crippen LogP) is 0.868. The second-order valence-electron chi connectivity index (χ2n) is 5.28. The van der Waals surface area contributed by atoms with Gasteiger partial charge in [0.2, 0.25) is 0 Å². The van der Waals surface area contributed by atoms with Crippen LogP contribution in [0.15, 0.2) is 24.8 Å². The van der Waals surface area contributed by atoms with Crippen molar-refractivity contribution in [1.29, 1.82) is 0 Å². The highest BCUT2D eigenvalue weighted by atomic mass is 16.3. The van der Waals surface area contributed by atoms with E-state index in [2.05, 4.69) is 15.4 Å². The van der Waals surface area contributed by atoms with Crippen molar-refractivity contribution in [3.8, 4) is 0 Å². The van der Waals surface area contributed by atoms with Gasteiger partial charge in [0.05, 0.1) is 23.5 Å². The molecule has 2 N–H and O–H groups in total. The number of hydrogen-bond donors (Lipinski definition) is 2. The van der Waals surface area contributed by atoms with Crippen molar-refractivity contribution in [2.24, 2.45) is 5.41 Å². The van der Waals surface area contributed by atoms with Gasteiger partial charge in [-0.3, -0.25) is 9.78 Å². The summed E-state index contributed by atoms with van der Waals surface area (Å²) in [6.45, 7) is 4.62. The highest BCUT2D eigenvalue weighted by Gasteiger charge is 2.20. The summed E-state index contributed by atoms with van der Waals surface area (Å²) in [5, 5.41) is 15.9. The van der Waals surface area contributed by atoms with E-state index >= 15 is 0 Å². The molecule has 0 saturated heterocycles. The fraction of sp³-hybridized carbons (Fsp3) is 0.462. The number of nitrogens with zero attached hydrogens (tertiary/aromatic N) is 3. The average Bonchev–Trinajstić information content (AvgIpc) is 2.80. The lowest BCUT2D eigenvalue weighted by molar-refractivity contribution is 0.0930. The van der Waals surface area contributed by atoms with Crippen LogP contribution in [-0.4, -0.2) is 38.8 Å². The minimum atomic E-state index is -0.172. The third-order valence-electron chi connectivity index (χ3n) is 3.09. The zero-order valence-electron chi connectivity index (χ0n) is 11.1. The standard InChI is InChI=1S/C13H18N4O2/c1-13(2,3-6-18)9-15-12(19)10-7-16-17-5-4-14-8-11(10)17/h4-5,7-8,18H,3,6,9H2,1-2H3,(H,15,19). The van der Waals surface area contributed by atoms with Gasteiger partial charge < -0.3 is 10.4 Å². The van der Waals surface area contributed by atoms with Crippen molar-refractivity contribution >= 4 is 11.4 Å². The van der Waals surface area contributed by atoms with E-state index in [1.165, 1.54) is 6.20 Å². The molecule has 2 heterocycles. The third-order valence-corrected chi connectivity index (χ3v) is 3.09. The first-order chi connectivity index (χ1) is 9.03. The van der Waals surface area contributed by atoms with E-state index in [4.69, 9.17) is 5.11 Å². The summed E-state index contributed by atoms with van der Waals surface area (Å²) in [5.74, 6) is -0.172. The molecule has 2 aromatic rings. The highest BCUT2D eigenvalue weighted by molar-refractivity contribution is 6.00. The van der Waals surface area contributed by atoms with Crippen LogP contribution in [0.25, 0.3) is 5.52 Å². The molecule has 0 aliphatic heterocycles. The van der Waals surface area contributed by atoms with Crippen LogP contribution in [-0.2, 0) is 0 Å². The number of fused-ring (bicyclic) bond motifs is 1. The summed E-state index contributed by atoms with van der Waals surface area (Å²) in [6.07, 6.45) is 7.10. The SMILES string of the molecule is CC(C)(CCO)CNC(=O)c1cnn2ccncc12. The second kappa shape index (κ2) is 5.36. The minimum Gasteiger partial charge on any atom is -0.396 e. The summed E-state index contributed by atoms with van der Waals surface area (Å²) in [6, 6.07) is 0. The van der Waals surface area contributed by atoms with Gasteiger partial charge in [0.25, 0.3) is 5.91 Å². The average molecular weight is 262 g/mol. The first kappa shape index (κ1) is 13.5. The first-order valence-corrected chi connectivity index (χ1v) is 6.20. The lowest BCUT2D eigenvalue weighted by Crippen LogP contribution is -2.34. The van der Waals surface area contributed by atoms with Crippen LogP contribution in [0.2, 0.25) is 0 Å². The zero-order chi connectivity index (χ0) is 13.9. The molecule has 0 radical (unpaired) electrons. The molecule has 0 fully saturated rings. The Kier molecular flexibility index (Phi) is 3.80. The molecule has 0 atom stereocenters. The van der Waals surface area contributed by atoms with Gasteiger partial charge in [0.15, 0.2) is 0 Å². The van der Waals surface area contributed by atoms with Crippen LogP contribution in [0.1, 0.15) is 30.6 Å². The number of amides is 1. The van der Waals surface area contributed by atoms with Crippen molar-refractivity contribution < 1.29 is 9.90 Å². The molecule has 1 amide bonds. The van der Waals surface area contributed by atoms with Crippen molar-refractivity contribution in [3.63, 3.8) is 0 Å². The lowest BCUT2D eigenvalue weighted by Gasteiger charge is -2.23. The van der Waals surface area contributed by atoms with Crippen molar-refractivity contribution in [2.45, 2.75) is 20.3 Å². The predicted molar refractivity (Wildman–Crippen MR) is 70.8 cm³/mol. The summed E-state index contributed by atoms with van der Waals surface area (Å²) in [5.41, 5.74) is 1.05. The van der Waals surface area contributed by atoms with E-state index in [-0.39, 0.29) is 17.9 Å². The van der Waals surface area contributed by atoms with E-state index in [9.17, 15) is 4.79 Å². The molecule has 0 bridgehead atoms. The second-order valence-corrected chi connectivity index (χ2v) is 5.28. The molecule has 0 aliphatic rings. The van der Waals surface area contributed by atoms with Crippen LogP contribution >= 0.6 is 0 Å². The van der Waals surface area contributed by atoms with Gasteiger partial charge >= 0.3 is 0 Å². The van der Waals surface area contributed by atoms with Crippen LogP contribution in [0.4, 0.5) is 0 Å². The molecule has 0 aliphatic carbocycles. The van der Waals surface area contributed by atoms with E-state index in [0.717, 1.165) is 0 Å². The first-order valence-electron chi connectivity index (χ1n) is 6.20. The summed E-state index contributed by atoms with van der Waals surface area (Å²) in [7, 11) is 0. The largest absolute Gasteiger partial charge is 0.396 e. The Balaban J connectivity index is 2.08. The monoisotopic (exact) mass is 262 g/mol. The van der Waals surface area contributed by atoms with Gasteiger partial charge in [-0.1, -0.05) is 13.8 Å². The maximum Gasteiger partial charge on any atom is 0.255 e. The van der Waals surface area contributed by atoms with E-state index in [1.807, 2.05) is 13.8 Å². The molecule has 6 heteroatoms. The molecule has 6 nitrogen and oxygen atoms in total. The summed E-state index contributed by atoms with van der Waals surface area (Å²) < 4.78 is 1.61. The smallest absolute Gasteiger partial charge is 0.255 e. The Bertz CT molecular complexity index is 577. The van der Waals surface area contributed by atoms with Crippen molar-refractivity contribution in [2.75, 3.05) is 13.2 Å². The third kappa shape index (κ3) is 3.08. The molecule has 2 rings (SSSR count). The normalized spacial score (nSPS) is 11.7. The number of aliphatic hydroxyl groups excluding tert-OH is 1. The van der Waals surface area contributed by atoms with Gasteiger partial charge in [-0.05, 0) is 11.8 Å². The van der Waals surface area contributed by atoms with Gasteiger partial charge in [-0.25, -0.2) is 4.52 Å².